The summed E-state index contributed by atoms with van der Waals surface area (Å²) in [5.41, 5.74) is 5.81. The molecule has 1 aromatic rings. The molecule has 1 aliphatic rings. The number of nitrogens with one attached hydrogen (secondary N) is 2. The van der Waals surface area contributed by atoms with Gasteiger partial charge in [0, 0.05) is 6.42 Å². The van der Waals surface area contributed by atoms with Crippen molar-refractivity contribution >= 4 is 17.7 Å². The zero-order valence-electron chi connectivity index (χ0n) is 10.6. The van der Waals surface area contributed by atoms with Gasteiger partial charge in [0.25, 0.3) is 0 Å². The Morgan fingerprint density at radius 2 is 1.65 bits per heavy atom. The number of rotatable bonds is 4. The third-order valence-electron chi connectivity index (χ3n) is 3.05. The highest BCUT2D eigenvalue weighted by atomic mass is 16.3. The maximum atomic E-state index is 11.9. The highest BCUT2D eigenvalue weighted by Gasteiger charge is 2.34. The minimum atomic E-state index is -0.906. The smallest absolute Gasteiger partial charge is 0.243 e. The molecule has 2 rings (SSSR count). The van der Waals surface area contributed by atoms with Gasteiger partial charge < -0.3 is 21.5 Å². The van der Waals surface area contributed by atoms with Crippen molar-refractivity contribution < 1.29 is 19.5 Å². The van der Waals surface area contributed by atoms with E-state index in [0.29, 0.717) is 6.42 Å². The van der Waals surface area contributed by atoms with E-state index in [9.17, 15) is 19.5 Å². The van der Waals surface area contributed by atoms with E-state index in [2.05, 4.69) is 10.6 Å². The van der Waals surface area contributed by atoms with E-state index < -0.39 is 23.9 Å². The maximum Gasteiger partial charge on any atom is 0.243 e. The first-order valence-corrected chi connectivity index (χ1v) is 6.12. The summed E-state index contributed by atoms with van der Waals surface area (Å²) in [5, 5.41) is 14.2. The number of hydrogen-bond acceptors (Lipinski definition) is 4. The van der Waals surface area contributed by atoms with E-state index in [1.807, 2.05) is 0 Å². The second-order valence-electron chi connectivity index (χ2n) is 4.66. The standard InChI is InChI=1S/C13H15N3O4/c14-11(18)6-10-13(20)15-9(12(19)16-10)5-7-1-3-8(17)4-2-7/h1-4,9-10,17H,5-6H2,(H2,14,18)(H,15,20)(H,16,19)/t9-,10-/m0/s1. The molecule has 106 valence electrons. The predicted molar refractivity (Wildman–Crippen MR) is 69.5 cm³/mol. The van der Waals surface area contributed by atoms with Crippen LogP contribution in [0.2, 0.25) is 0 Å². The van der Waals surface area contributed by atoms with Crippen LogP contribution in [0.5, 0.6) is 5.75 Å². The molecule has 0 bridgehead atoms. The molecule has 0 radical (unpaired) electrons. The molecule has 7 nitrogen and oxygen atoms in total. The van der Waals surface area contributed by atoms with Crippen LogP contribution in [0.25, 0.3) is 0 Å². The summed E-state index contributed by atoms with van der Waals surface area (Å²) in [4.78, 5) is 34.4. The number of primary amides is 1. The topological polar surface area (TPSA) is 122 Å². The normalized spacial score (nSPS) is 22.0. The molecule has 1 heterocycles. The van der Waals surface area contributed by atoms with Gasteiger partial charge in [-0.2, -0.15) is 0 Å². The number of piperazine rings is 1. The van der Waals surface area contributed by atoms with Crippen LogP contribution >= 0.6 is 0 Å². The van der Waals surface area contributed by atoms with Crippen molar-refractivity contribution in [2.45, 2.75) is 24.9 Å². The average Bonchev–Trinajstić information content (AvgIpc) is 2.37. The Morgan fingerprint density at radius 1 is 1.10 bits per heavy atom. The Morgan fingerprint density at radius 3 is 2.25 bits per heavy atom. The van der Waals surface area contributed by atoms with Gasteiger partial charge in [0.05, 0.1) is 6.42 Å². The quantitative estimate of drug-likeness (QED) is 0.552. The first-order chi connectivity index (χ1) is 9.45. The number of amides is 3. The highest BCUT2D eigenvalue weighted by molar-refractivity contribution is 5.99. The van der Waals surface area contributed by atoms with Crippen LogP contribution in [0, 0.1) is 0 Å². The summed E-state index contributed by atoms with van der Waals surface area (Å²) in [6, 6.07) is 4.75. The Labute approximate surface area is 115 Å². The molecule has 0 saturated carbocycles. The summed E-state index contributed by atoms with van der Waals surface area (Å²) in [5.74, 6) is -1.30. The molecule has 7 heteroatoms. The van der Waals surface area contributed by atoms with Gasteiger partial charge in [0.1, 0.15) is 17.8 Å². The fraction of sp³-hybridized carbons (Fsp3) is 0.308. The van der Waals surface area contributed by atoms with Crippen LogP contribution in [0.3, 0.4) is 0 Å². The molecule has 1 fully saturated rings. The van der Waals surface area contributed by atoms with Crippen molar-refractivity contribution in [2.24, 2.45) is 5.73 Å². The van der Waals surface area contributed by atoms with Gasteiger partial charge in [-0.05, 0) is 17.7 Å². The third-order valence-corrected chi connectivity index (χ3v) is 3.05. The van der Waals surface area contributed by atoms with E-state index in [1.54, 1.807) is 12.1 Å². The summed E-state index contributed by atoms with van der Waals surface area (Å²) in [6.45, 7) is 0. The zero-order valence-corrected chi connectivity index (χ0v) is 10.6. The third kappa shape index (κ3) is 3.25. The fourth-order valence-electron chi connectivity index (χ4n) is 2.03. The monoisotopic (exact) mass is 277 g/mol. The lowest BCUT2D eigenvalue weighted by atomic mass is 10.0. The molecule has 2 atom stereocenters. The zero-order chi connectivity index (χ0) is 14.7. The number of benzene rings is 1. The molecular weight excluding hydrogens is 262 g/mol. The van der Waals surface area contributed by atoms with Gasteiger partial charge in [-0.15, -0.1) is 0 Å². The molecule has 20 heavy (non-hydrogen) atoms. The van der Waals surface area contributed by atoms with Gasteiger partial charge in [-0.25, -0.2) is 0 Å². The average molecular weight is 277 g/mol. The number of phenolic OH excluding ortho intramolecular Hbond substituents is 1. The molecule has 0 aliphatic carbocycles. The fourth-order valence-corrected chi connectivity index (χ4v) is 2.03. The second kappa shape index (κ2) is 5.60. The minimum Gasteiger partial charge on any atom is -0.508 e. The van der Waals surface area contributed by atoms with E-state index >= 15 is 0 Å². The van der Waals surface area contributed by atoms with Crippen LogP contribution in [0.15, 0.2) is 24.3 Å². The van der Waals surface area contributed by atoms with Gasteiger partial charge in [0.15, 0.2) is 0 Å². The van der Waals surface area contributed by atoms with Gasteiger partial charge in [-0.3, -0.25) is 14.4 Å². The SMILES string of the molecule is NC(=O)C[C@@H]1NC(=O)[C@H](Cc2ccc(O)cc2)NC1=O. The van der Waals surface area contributed by atoms with Gasteiger partial charge in [0.2, 0.25) is 17.7 Å². The lowest BCUT2D eigenvalue weighted by Crippen LogP contribution is -2.62. The first kappa shape index (κ1) is 13.9. The van der Waals surface area contributed by atoms with Gasteiger partial charge in [-0.1, -0.05) is 12.1 Å². The number of aromatic hydroxyl groups is 1. The molecule has 5 N–H and O–H groups in total. The van der Waals surface area contributed by atoms with Crippen LogP contribution in [-0.2, 0) is 20.8 Å². The van der Waals surface area contributed by atoms with Crippen LogP contribution in [0.4, 0.5) is 0 Å². The molecular formula is C13H15N3O4. The van der Waals surface area contributed by atoms with E-state index in [4.69, 9.17) is 5.73 Å². The largest absolute Gasteiger partial charge is 0.508 e. The molecule has 0 unspecified atom stereocenters. The van der Waals surface area contributed by atoms with Gasteiger partial charge >= 0.3 is 0 Å². The summed E-state index contributed by atoms with van der Waals surface area (Å²) in [7, 11) is 0. The Kier molecular flexibility index (Phi) is 3.88. The number of nitrogens with two attached hydrogens (primary N) is 1. The first-order valence-electron chi connectivity index (χ1n) is 6.12. The van der Waals surface area contributed by atoms with Crippen LogP contribution in [0.1, 0.15) is 12.0 Å². The lowest BCUT2D eigenvalue weighted by Gasteiger charge is -2.29. The number of phenols is 1. The summed E-state index contributed by atoms with van der Waals surface area (Å²) < 4.78 is 0. The maximum absolute atomic E-state index is 11.9. The van der Waals surface area contributed by atoms with E-state index in [-0.39, 0.29) is 18.1 Å². The summed E-state index contributed by atoms with van der Waals surface area (Å²) in [6.07, 6.45) is 0.0879. The number of carbonyl (C=O) groups excluding carboxylic acids is 3. The molecule has 1 saturated heterocycles. The lowest BCUT2D eigenvalue weighted by molar-refractivity contribution is -0.138. The van der Waals surface area contributed by atoms with Crippen molar-refractivity contribution in [3.63, 3.8) is 0 Å². The predicted octanol–water partition coefficient (Wildman–Crippen LogP) is -1.21. The van der Waals surface area contributed by atoms with Crippen molar-refractivity contribution in [2.75, 3.05) is 0 Å². The molecule has 0 aromatic heterocycles. The highest BCUT2D eigenvalue weighted by Crippen LogP contribution is 2.13. The molecule has 1 aliphatic heterocycles. The Balaban J connectivity index is 2.01. The molecule has 1 aromatic carbocycles. The Bertz CT molecular complexity index is 541. The van der Waals surface area contributed by atoms with Crippen molar-refractivity contribution in [1.29, 1.82) is 0 Å². The van der Waals surface area contributed by atoms with E-state index in [1.165, 1.54) is 12.1 Å². The Hall–Kier alpha value is -2.57. The van der Waals surface area contributed by atoms with Crippen molar-refractivity contribution in [3.8, 4) is 5.75 Å². The number of carbonyl (C=O) groups is 3. The van der Waals surface area contributed by atoms with Crippen LogP contribution < -0.4 is 16.4 Å². The molecule has 0 spiro atoms. The summed E-state index contributed by atoms with van der Waals surface area (Å²) >= 11 is 0. The minimum absolute atomic E-state index is 0.132. The second-order valence-corrected chi connectivity index (χ2v) is 4.66. The van der Waals surface area contributed by atoms with Crippen molar-refractivity contribution in [1.82, 2.24) is 10.6 Å². The number of hydrogen-bond donors (Lipinski definition) is 4. The molecule has 3 amide bonds. The van der Waals surface area contributed by atoms with Crippen molar-refractivity contribution in [3.05, 3.63) is 29.8 Å². The van der Waals surface area contributed by atoms with Crippen LogP contribution in [-0.4, -0.2) is 34.9 Å². The van der Waals surface area contributed by atoms with E-state index in [0.717, 1.165) is 5.56 Å².